The monoisotopic (exact) mass is 1790 g/mol. The Kier molecular flexibility index (Phi) is 32.4. The number of carboxylic acid groups (broad SMARTS) is 1. The molecule has 8 heterocycles. The summed E-state index contributed by atoms with van der Waals surface area (Å²) in [5.41, 5.74) is 23.5. The first kappa shape index (κ1) is 95.9. The average molecular weight is 1790 g/mol. The molecule has 130 heavy (non-hydrogen) atoms. The number of aldehydes is 1. The lowest BCUT2D eigenvalue weighted by Crippen LogP contribution is -2.22. The predicted molar refractivity (Wildman–Crippen MR) is 493 cm³/mol. The van der Waals surface area contributed by atoms with E-state index in [4.69, 9.17) is 59.2 Å². The van der Waals surface area contributed by atoms with Crippen LogP contribution in [0.1, 0.15) is 91.3 Å². The number of phenolic OH excluding ortho intramolecular Hbond substituents is 9. The van der Waals surface area contributed by atoms with Crippen LogP contribution in [-0.2, 0) is 40.0 Å². The molecule has 23 N–H and O–H groups in total. The normalized spacial score (nSPS) is 10.7. The molecule has 9 aromatic carbocycles. The Labute approximate surface area is 741 Å². The van der Waals surface area contributed by atoms with Gasteiger partial charge in [-0.2, -0.15) is 0 Å². The van der Waals surface area contributed by atoms with Crippen molar-refractivity contribution in [1.82, 2.24) is 45.2 Å². The first-order valence-electron chi connectivity index (χ1n) is 40.3. The number of hydrogen-bond donors (Lipinski definition) is 21. The van der Waals surface area contributed by atoms with Crippen molar-refractivity contribution in [2.45, 2.75) is 52.9 Å². The zero-order valence-electron chi connectivity index (χ0n) is 73.1. The quantitative estimate of drug-likeness (QED) is 0.0170. The number of methoxy groups -OCH3 is 9. The Balaban J connectivity index is 0.000000155. The van der Waals surface area contributed by atoms with Gasteiger partial charge in [0.15, 0.2) is 92.0 Å². The summed E-state index contributed by atoms with van der Waals surface area (Å²) in [5.74, 6) is 2.05. The minimum absolute atomic E-state index is 0.00532. The van der Waals surface area contributed by atoms with E-state index >= 15 is 0 Å². The van der Waals surface area contributed by atoms with E-state index in [0.29, 0.717) is 128 Å². The Bertz CT molecular complexity index is 6740. The van der Waals surface area contributed by atoms with Gasteiger partial charge >= 0.3 is 17.9 Å². The largest absolute Gasteiger partial charge is 0.506 e. The number of rotatable bonds is 22. The summed E-state index contributed by atoms with van der Waals surface area (Å²) in [6.07, 6.45) is 12.7. The second-order valence-electron chi connectivity index (χ2n) is 28.8. The van der Waals surface area contributed by atoms with Crippen LogP contribution in [0.25, 0.3) is 98.1 Å². The van der Waals surface area contributed by atoms with Crippen molar-refractivity contribution in [2.75, 3.05) is 90.2 Å². The molecule has 0 bridgehead atoms. The van der Waals surface area contributed by atoms with Crippen LogP contribution in [0.3, 0.4) is 0 Å². The maximum atomic E-state index is 11.4. The molecule has 8 aromatic heterocycles. The van der Waals surface area contributed by atoms with Gasteiger partial charge in [0.1, 0.15) is 29.1 Å². The number of fused-ring (bicyclic) bond motifs is 10. The van der Waals surface area contributed by atoms with Gasteiger partial charge in [-0.25, -0.2) is 14.4 Å². The van der Waals surface area contributed by atoms with Crippen molar-refractivity contribution in [3.8, 4) is 97.7 Å². The summed E-state index contributed by atoms with van der Waals surface area (Å²) < 4.78 is 50.3. The number of amides is 1. The molecular weight excluding hydrogens is 1680 g/mol. The number of ether oxygens (including phenoxy) is 10. The molecular formula is C94H103N11O25. The van der Waals surface area contributed by atoms with Crippen LogP contribution in [0.5, 0.6) is 97.7 Å². The van der Waals surface area contributed by atoms with Gasteiger partial charge in [0.2, 0.25) is 5.91 Å². The fraction of sp³-hybridized carbons (Fsp3) is 0.223. The molecule has 0 aliphatic rings. The number of esters is 2. The number of phenols is 9. The molecule has 0 saturated carbocycles. The standard InChI is InChI=1S/C14H11NO4.C13H16N2O3.C12H13NO4.C12H15NO2.C11H14N2O2.2C11H11NO4.C10H12N2O2/c1-19-13-4-8-9-2-7(6-16)3-12(18)14(9)15-10(8)5-11(13)17;1-8(16)14-4-3-9-7-15-11-6-12(17)13(18-2)5-10(9)11;1-15-10-5-7-4-9(12(14)17-3)13-8(7)6-11(10)16-2;1-3-4-8-7-13-10-6-12(15-2)11(14)5-9(8)10;1-15-11-4-8-7(2-3-12)6-13-9(8)5-10(11)14;1-15-9-4-6-3-8(11(13)14)12-7(6)5-10(9)16-2;1-2-16-11(15)8-3-6-4-9(13)10(14)5-7(6)12-8;11-2-1-6-5-12-8-4-10(14)9(13)3-7(6)8/h2-6,15,17-18H,1H3;5-7,15,17H,3-4H2,1-2H3,(H,14,16);4-6,13H,1-3H3;5-7,13-14H,3-4H2,1-2H3;4-6,13-14H,2-3,12H2,1H3;3-5,12H,1-2H3,(H,13,14);3-5,12-14H,2H2,1H3;3-5,12-14H,1-2,11H2. The van der Waals surface area contributed by atoms with Crippen molar-refractivity contribution in [3.63, 3.8) is 0 Å². The van der Waals surface area contributed by atoms with Gasteiger partial charge in [0, 0.05) is 163 Å². The highest BCUT2D eigenvalue weighted by Gasteiger charge is 2.20. The first-order valence-corrected chi connectivity index (χ1v) is 40.3. The highest BCUT2D eigenvalue weighted by atomic mass is 16.5. The van der Waals surface area contributed by atoms with Crippen LogP contribution in [0.4, 0.5) is 0 Å². The van der Waals surface area contributed by atoms with E-state index in [1.807, 2.05) is 36.9 Å². The highest BCUT2D eigenvalue weighted by Crippen LogP contribution is 2.42. The molecule has 0 aliphatic carbocycles. The zero-order chi connectivity index (χ0) is 94.3. The molecule has 36 heteroatoms. The van der Waals surface area contributed by atoms with Gasteiger partial charge < -0.3 is 155 Å². The summed E-state index contributed by atoms with van der Waals surface area (Å²) in [7, 11) is 13.6. The lowest BCUT2D eigenvalue weighted by molar-refractivity contribution is -0.118. The minimum atomic E-state index is -0.992. The number of carboxylic acids is 1. The zero-order valence-corrected chi connectivity index (χ0v) is 73.1. The molecule has 684 valence electrons. The van der Waals surface area contributed by atoms with Crippen LogP contribution in [0.15, 0.2) is 152 Å². The lowest BCUT2D eigenvalue weighted by atomic mass is 10.1. The molecule has 17 rings (SSSR count). The molecule has 0 unspecified atom stereocenters. The summed E-state index contributed by atoms with van der Waals surface area (Å²) in [6, 6.07) is 34.4. The van der Waals surface area contributed by atoms with Crippen molar-refractivity contribution >= 4 is 128 Å². The molecule has 0 spiro atoms. The first-order chi connectivity index (χ1) is 62.4. The number of carbonyl (C=O) groups is 5. The van der Waals surface area contributed by atoms with Crippen molar-refractivity contribution in [3.05, 3.63) is 197 Å². The van der Waals surface area contributed by atoms with Gasteiger partial charge in [-0.3, -0.25) is 9.59 Å². The number of H-pyrrole nitrogens is 8. The van der Waals surface area contributed by atoms with Crippen LogP contribution >= 0.6 is 0 Å². The lowest BCUT2D eigenvalue weighted by Gasteiger charge is -2.06. The molecule has 0 saturated heterocycles. The second-order valence-corrected chi connectivity index (χ2v) is 28.8. The fourth-order valence-corrected chi connectivity index (χ4v) is 14.0. The number of aromatic hydroxyl groups is 9. The van der Waals surface area contributed by atoms with Crippen LogP contribution < -0.4 is 54.7 Å². The molecule has 0 aliphatic heterocycles. The Hall–Kier alpha value is -16.4. The van der Waals surface area contributed by atoms with Gasteiger partial charge in [-0.1, -0.05) is 13.3 Å². The smallest absolute Gasteiger partial charge is 0.354 e. The maximum absolute atomic E-state index is 11.4. The van der Waals surface area contributed by atoms with Crippen molar-refractivity contribution in [2.24, 2.45) is 11.5 Å². The molecule has 36 nitrogen and oxygen atoms in total. The van der Waals surface area contributed by atoms with Gasteiger partial charge in [0.05, 0.1) is 98.2 Å². The summed E-state index contributed by atoms with van der Waals surface area (Å²) in [6.45, 7) is 7.41. The van der Waals surface area contributed by atoms with E-state index in [9.17, 15) is 69.9 Å². The molecule has 17 aromatic rings. The summed E-state index contributed by atoms with van der Waals surface area (Å²) in [5, 5.41) is 105. The molecule has 1 amide bonds. The number of aromatic nitrogens is 8. The van der Waals surface area contributed by atoms with Crippen LogP contribution in [-0.4, -0.2) is 211 Å². The third-order valence-electron chi connectivity index (χ3n) is 20.4. The van der Waals surface area contributed by atoms with Gasteiger partial charge in [0.25, 0.3) is 0 Å². The number of hydrogen-bond acceptors (Lipinski definition) is 26. The number of nitrogens with one attached hydrogen (secondary N) is 9. The summed E-state index contributed by atoms with van der Waals surface area (Å²) in [4.78, 5) is 79.2. The SMILES string of the molecule is CCCc1c[nH]c2cc(OC)c(O)cc12.CCOC(=O)c1cc2cc(O)c(O)cc2[nH]1.COC(=O)c1cc2cc(OC)c(OC)cc2[nH]1.COc1cc2c(CCN)c[nH]c2cc1O.COc1cc2c(CCNC(C)=O)c[nH]c2cc1O.COc1cc2c(cc1O)[nH]c1c(O)cc(C=O)cc12.COc1cc2cc(C(=O)O)[nH]c2cc1OC.NCCc1c[nH]c2cc(O)c(O)cc12. The van der Waals surface area contributed by atoms with E-state index in [0.717, 1.165) is 114 Å². The maximum Gasteiger partial charge on any atom is 0.354 e. The number of nitrogens with two attached hydrogens (primary N) is 2. The number of aryl methyl sites for hydroxylation is 1. The van der Waals surface area contributed by atoms with Crippen LogP contribution in [0.2, 0.25) is 0 Å². The average Bonchev–Trinajstić information content (AvgIpc) is 1.61. The molecule has 0 radical (unpaired) electrons. The van der Waals surface area contributed by atoms with Gasteiger partial charge in [-0.15, -0.1) is 0 Å². The Morgan fingerprint density at radius 3 is 1.15 bits per heavy atom. The van der Waals surface area contributed by atoms with E-state index in [-0.39, 0.29) is 63.3 Å². The Morgan fingerprint density at radius 1 is 0.354 bits per heavy atom. The second kappa shape index (κ2) is 44.0. The predicted octanol–water partition coefficient (Wildman–Crippen LogP) is 15.0. The molecule has 0 fully saturated rings. The van der Waals surface area contributed by atoms with E-state index in [1.165, 1.54) is 85.5 Å². The number of aromatic amines is 8. The van der Waals surface area contributed by atoms with E-state index < -0.39 is 17.9 Å². The number of aromatic carboxylic acids is 1. The topological polar surface area (TPSA) is 570 Å². The fourth-order valence-electron chi connectivity index (χ4n) is 14.0. The van der Waals surface area contributed by atoms with E-state index in [2.05, 4.69) is 56.8 Å². The van der Waals surface area contributed by atoms with Crippen molar-refractivity contribution in [1.29, 1.82) is 0 Å². The van der Waals surface area contributed by atoms with Crippen LogP contribution in [0, 0.1) is 0 Å². The number of benzene rings is 9. The summed E-state index contributed by atoms with van der Waals surface area (Å²) >= 11 is 0. The van der Waals surface area contributed by atoms with Crippen molar-refractivity contribution < 1.29 is 122 Å². The highest BCUT2D eigenvalue weighted by molar-refractivity contribution is 6.11. The minimum Gasteiger partial charge on any atom is -0.506 e. The number of carbonyl (C=O) groups excluding carboxylic acids is 4. The third-order valence-corrected chi connectivity index (χ3v) is 20.4. The molecule has 0 atom stereocenters. The third kappa shape index (κ3) is 22.6. The van der Waals surface area contributed by atoms with Gasteiger partial charge in [-0.05, 0) is 147 Å². The van der Waals surface area contributed by atoms with E-state index in [1.54, 1.807) is 113 Å². The Morgan fingerprint density at radius 2 is 0.708 bits per heavy atom.